The summed E-state index contributed by atoms with van der Waals surface area (Å²) in [7, 11) is 0. The number of nitrogens with one attached hydrogen (secondary N) is 2. The Hall–Kier alpha value is -1.63. The Bertz CT molecular complexity index is 453. The number of benzene rings is 1. The summed E-state index contributed by atoms with van der Waals surface area (Å²) in [5.41, 5.74) is 5.23. The van der Waals surface area contributed by atoms with E-state index in [0.717, 1.165) is 0 Å². The zero-order chi connectivity index (χ0) is 13.0. The highest BCUT2D eigenvalue weighted by Gasteiger charge is 2.14. The lowest BCUT2D eigenvalue weighted by molar-refractivity contribution is -0.120. The highest BCUT2D eigenvalue weighted by molar-refractivity contribution is 9.10. The number of urea groups is 1. The average Bonchev–Trinajstić information content (AvgIpc) is 2.22. The maximum Gasteiger partial charge on any atom is 0.318 e. The van der Waals surface area contributed by atoms with E-state index in [1.54, 1.807) is 6.07 Å². The van der Waals surface area contributed by atoms with E-state index < -0.39 is 23.8 Å². The number of rotatable bonds is 3. The number of amides is 3. The second-order valence-corrected chi connectivity index (χ2v) is 4.20. The summed E-state index contributed by atoms with van der Waals surface area (Å²) in [6.45, 7) is 1.53. The van der Waals surface area contributed by atoms with Crippen LogP contribution in [0.1, 0.15) is 6.92 Å². The molecule has 0 saturated heterocycles. The van der Waals surface area contributed by atoms with Crippen molar-refractivity contribution in [1.82, 2.24) is 5.32 Å². The normalized spacial score (nSPS) is 11.7. The number of halogens is 2. The zero-order valence-electron chi connectivity index (χ0n) is 8.96. The lowest BCUT2D eigenvalue weighted by Gasteiger charge is -2.14. The van der Waals surface area contributed by atoms with Crippen molar-refractivity contribution in [1.29, 1.82) is 0 Å². The minimum atomic E-state index is -0.925. The van der Waals surface area contributed by atoms with Crippen LogP contribution in [0.25, 0.3) is 0 Å². The third-order valence-electron chi connectivity index (χ3n) is 1.94. The predicted octanol–water partition coefficient (Wildman–Crippen LogP) is 1.58. The van der Waals surface area contributed by atoms with Crippen molar-refractivity contribution in [2.24, 2.45) is 5.73 Å². The van der Waals surface area contributed by atoms with Crippen LogP contribution in [0.3, 0.4) is 0 Å². The van der Waals surface area contributed by atoms with Gasteiger partial charge in [-0.2, -0.15) is 0 Å². The van der Waals surface area contributed by atoms with Gasteiger partial charge in [-0.3, -0.25) is 10.1 Å². The van der Waals surface area contributed by atoms with Crippen LogP contribution in [0, 0.1) is 5.82 Å². The molecule has 0 aliphatic rings. The van der Waals surface area contributed by atoms with Gasteiger partial charge in [0.05, 0.1) is 4.47 Å². The third-order valence-corrected chi connectivity index (χ3v) is 2.59. The fraction of sp³-hybridized carbons (Fsp3) is 0.200. The summed E-state index contributed by atoms with van der Waals surface area (Å²) in [4.78, 5) is 21.8. The Morgan fingerprint density at radius 1 is 1.47 bits per heavy atom. The Balaban J connectivity index is 2.67. The summed E-state index contributed by atoms with van der Waals surface area (Å²) >= 11 is 3.01. The first-order valence-electron chi connectivity index (χ1n) is 4.72. The SMILES string of the molecule is CC(Nc1ccc(Br)c(F)c1)C(=O)NC(N)=O. The number of hydrogen-bond acceptors (Lipinski definition) is 3. The molecule has 5 nitrogen and oxygen atoms in total. The molecule has 0 aliphatic heterocycles. The van der Waals surface area contributed by atoms with Gasteiger partial charge in [0.25, 0.3) is 0 Å². The Morgan fingerprint density at radius 2 is 2.12 bits per heavy atom. The van der Waals surface area contributed by atoms with E-state index >= 15 is 0 Å². The van der Waals surface area contributed by atoms with Crippen LogP contribution in [0.15, 0.2) is 22.7 Å². The summed E-state index contributed by atoms with van der Waals surface area (Å²) in [6.07, 6.45) is 0. The molecular weight excluding hydrogens is 293 g/mol. The van der Waals surface area contributed by atoms with E-state index in [1.807, 2.05) is 5.32 Å². The molecule has 0 fully saturated rings. The highest BCUT2D eigenvalue weighted by Crippen LogP contribution is 2.19. The van der Waals surface area contributed by atoms with Gasteiger partial charge < -0.3 is 11.1 Å². The Labute approximate surface area is 106 Å². The minimum Gasteiger partial charge on any atom is -0.374 e. The monoisotopic (exact) mass is 303 g/mol. The Kier molecular flexibility index (Phi) is 4.45. The average molecular weight is 304 g/mol. The molecular formula is C10H11BrFN3O2. The van der Waals surface area contributed by atoms with Gasteiger partial charge in [-0.15, -0.1) is 0 Å². The van der Waals surface area contributed by atoms with Crippen molar-refractivity contribution in [3.05, 3.63) is 28.5 Å². The molecule has 1 aromatic rings. The molecule has 0 aromatic heterocycles. The number of primary amides is 1. The summed E-state index contributed by atoms with van der Waals surface area (Å²) in [5.74, 6) is -1.03. The predicted molar refractivity (Wildman–Crippen MR) is 64.9 cm³/mol. The van der Waals surface area contributed by atoms with E-state index in [1.165, 1.54) is 19.1 Å². The fourth-order valence-electron chi connectivity index (χ4n) is 1.13. The van der Waals surface area contributed by atoms with E-state index in [2.05, 4.69) is 21.2 Å². The van der Waals surface area contributed by atoms with Crippen molar-refractivity contribution >= 4 is 33.6 Å². The van der Waals surface area contributed by atoms with E-state index in [4.69, 9.17) is 5.73 Å². The number of hydrogen-bond donors (Lipinski definition) is 3. The second kappa shape index (κ2) is 5.62. The topological polar surface area (TPSA) is 84.2 Å². The molecule has 0 spiro atoms. The molecule has 92 valence electrons. The smallest absolute Gasteiger partial charge is 0.318 e. The van der Waals surface area contributed by atoms with Gasteiger partial charge in [-0.05, 0) is 41.1 Å². The van der Waals surface area contributed by atoms with Crippen molar-refractivity contribution in [2.45, 2.75) is 13.0 Å². The van der Waals surface area contributed by atoms with Gasteiger partial charge in [0, 0.05) is 5.69 Å². The number of carbonyl (C=O) groups is 2. The van der Waals surface area contributed by atoms with Crippen LogP contribution in [0.4, 0.5) is 14.9 Å². The third kappa shape index (κ3) is 4.03. The molecule has 17 heavy (non-hydrogen) atoms. The minimum absolute atomic E-state index is 0.331. The van der Waals surface area contributed by atoms with Gasteiger partial charge in [0.15, 0.2) is 0 Å². The quantitative estimate of drug-likeness (QED) is 0.792. The molecule has 0 heterocycles. The lowest BCUT2D eigenvalue weighted by Crippen LogP contribution is -2.43. The van der Waals surface area contributed by atoms with Crippen LogP contribution in [0.2, 0.25) is 0 Å². The maximum atomic E-state index is 13.2. The lowest BCUT2D eigenvalue weighted by atomic mass is 10.2. The maximum absolute atomic E-state index is 13.2. The number of imide groups is 1. The van der Waals surface area contributed by atoms with Crippen molar-refractivity contribution in [3.63, 3.8) is 0 Å². The molecule has 7 heteroatoms. The van der Waals surface area contributed by atoms with Crippen LogP contribution in [0.5, 0.6) is 0 Å². The number of anilines is 1. The van der Waals surface area contributed by atoms with Crippen LogP contribution in [-0.4, -0.2) is 18.0 Å². The van der Waals surface area contributed by atoms with Gasteiger partial charge >= 0.3 is 6.03 Å². The molecule has 0 aliphatic carbocycles. The van der Waals surface area contributed by atoms with Gasteiger partial charge in [-0.25, -0.2) is 9.18 Å². The second-order valence-electron chi connectivity index (χ2n) is 3.35. The number of nitrogens with two attached hydrogens (primary N) is 1. The van der Waals surface area contributed by atoms with Crippen molar-refractivity contribution in [2.75, 3.05) is 5.32 Å². The van der Waals surface area contributed by atoms with E-state index in [-0.39, 0.29) is 0 Å². The van der Waals surface area contributed by atoms with E-state index in [9.17, 15) is 14.0 Å². The summed E-state index contributed by atoms with van der Waals surface area (Å²) < 4.78 is 13.5. The first-order valence-corrected chi connectivity index (χ1v) is 5.51. The molecule has 1 rings (SSSR count). The van der Waals surface area contributed by atoms with Crippen molar-refractivity contribution < 1.29 is 14.0 Å². The van der Waals surface area contributed by atoms with Crippen LogP contribution < -0.4 is 16.4 Å². The summed E-state index contributed by atoms with van der Waals surface area (Å²) in [5, 5.41) is 4.66. The van der Waals surface area contributed by atoms with Gasteiger partial charge in [0.1, 0.15) is 11.9 Å². The standard InChI is InChI=1S/C10H11BrFN3O2/c1-5(9(16)15-10(13)17)14-6-2-3-7(11)8(12)4-6/h2-5,14H,1H3,(H3,13,15,16,17). The molecule has 1 aromatic carbocycles. The molecule has 0 bridgehead atoms. The highest BCUT2D eigenvalue weighted by atomic mass is 79.9. The van der Waals surface area contributed by atoms with Crippen molar-refractivity contribution in [3.8, 4) is 0 Å². The van der Waals surface area contributed by atoms with Gasteiger partial charge in [0.2, 0.25) is 5.91 Å². The van der Waals surface area contributed by atoms with Crippen LogP contribution in [-0.2, 0) is 4.79 Å². The number of carbonyl (C=O) groups excluding carboxylic acids is 2. The van der Waals surface area contributed by atoms with Crippen LogP contribution >= 0.6 is 15.9 Å². The summed E-state index contributed by atoms with van der Waals surface area (Å²) in [6, 6.07) is 2.71. The zero-order valence-corrected chi connectivity index (χ0v) is 10.5. The first-order chi connectivity index (χ1) is 7.90. The molecule has 3 amide bonds. The molecule has 4 N–H and O–H groups in total. The molecule has 1 atom stereocenters. The fourth-order valence-corrected chi connectivity index (χ4v) is 1.38. The van der Waals surface area contributed by atoms with Gasteiger partial charge in [-0.1, -0.05) is 0 Å². The molecule has 1 unspecified atom stereocenters. The Morgan fingerprint density at radius 3 is 2.65 bits per heavy atom. The largest absolute Gasteiger partial charge is 0.374 e. The molecule has 0 saturated carbocycles. The first kappa shape index (κ1) is 13.4. The van der Waals surface area contributed by atoms with E-state index in [0.29, 0.717) is 10.2 Å². The molecule has 0 radical (unpaired) electrons.